The first-order valence-electron chi connectivity index (χ1n) is 10.8. The third-order valence-corrected chi connectivity index (χ3v) is 7.45. The van der Waals surface area contributed by atoms with E-state index in [9.17, 15) is 18.5 Å². The van der Waals surface area contributed by atoms with Crippen LogP contribution in [0.15, 0.2) is 53.2 Å². The molecule has 1 amide bonds. The van der Waals surface area contributed by atoms with Crippen LogP contribution in [0.5, 0.6) is 17.2 Å². The third-order valence-electron chi connectivity index (χ3n) is 4.86. The zero-order valence-electron chi connectivity index (χ0n) is 19.4. The SMILES string of the molecule is CC(C)CS(=O)(=O)c1nsc(NC(=O)C(C#N)=Cc2ccc(OCc3ccc4c(c3)OCO4)cc2)n1. The first kappa shape index (κ1) is 25.2. The van der Waals surface area contributed by atoms with E-state index in [1.807, 2.05) is 24.3 Å². The Morgan fingerprint density at radius 1 is 1.22 bits per heavy atom. The number of ether oxygens (including phenoxy) is 3. The number of carbonyl (C=O) groups is 1. The minimum atomic E-state index is -3.64. The highest BCUT2D eigenvalue weighted by molar-refractivity contribution is 7.91. The number of sulfone groups is 1. The lowest BCUT2D eigenvalue weighted by molar-refractivity contribution is -0.112. The van der Waals surface area contributed by atoms with Gasteiger partial charge in [0, 0.05) is 11.5 Å². The normalized spacial score (nSPS) is 12.9. The lowest BCUT2D eigenvalue weighted by atomic mass is 10.1. The summed E-state index contributed by atoms with van der Waals surface area (Å²) >= 11 is 0.738. The predicted molar refractivity (Wildman–Crippen MR) is 132 cm³/mol. The summed E-state index contributed by atoms with van der Waals surface area (Å²) in [5.41, 5.74) is 1.35. The van der Waals surface area contributed by atoms with E-state index in [4.69, 9.17) is 14.2 Å². The molecule has 0 unspecified atom stereocenters. The molecule has 0 aliphatic carbocycles. The second kappa shape index (κ2) is 10.8. The number of hydrogen-bond donors (Lipinski definition) is 1. The van der Waals surface area contributed by atoms with Crippen molar-refractivity contribution >= 4 is 38.5 Å². The van der Waals surface area contributed by atoms with Gasteiger partial charge in [-0.2, -0.15) is 14.6 Å². The number of hydrogen-bond acceptors (Lipinski definition) is 10. The molecule has 0 saturated carbocycles. The first-order valence-corrected chi connectivity index (χ1v) is 13.3. The van der Waals surface area contributed by atoms with Crippen LogP contribution in [-0.2, 0) is 21.2 Å². The highest BCUT2D eigenvalue weighted by atomic mass is 32.2. The van der Waals surface area contributed by atoms with Crippen molar-refractivity contribution in [2.24, 2.45) is 5.92 Å². The van der Waals surface area contributed by atoms with Gasteiger partial charge < -0.3 is 14.2 Å². The van der Waals surface area contributed by atoms with Gasteiger partial charge in [0.1, 0.15) is 24.0 Å². The maximum absolute atomic E-state index is 12.5. The Hall–Kier alpha value is -3.95. The number of fused-ring (bicyclic) bond motifs is 1. The molecule has 0 spiro atoms. The van der Waals surface area contributed by atoms with Crippen molar-refractivity contribution in [3.05, 3.63) is 59.2 Å². The first-order chi connectivity index (χ1) is 17.2. The molecule has 36 heavy (non-hydrogen) atoms. The smallest absolute Gasteiger partial charge is 0.268 e. The van der Waals surface area contributed by atoms with Crippen molar-refractivity contribution in [1.29, 1.82) is 5.26 Å². The quantitative estimate of drug-likeness (QED) is 0.325. The molecule has 0 saturated heterocycles. The summed E-state index contributed by atoms with van der Waals surface area (Å²) in [4.78, 5) is 16.4. The monoisotopic (exact) mass is 526 g/mol. The Kier molecular flexibility index (Phi) is 7.52. The molecule has 1 N–H and O–H groups in total. The van der Waals surface area contributed by atoms with E-state index in [1.165, 1.54) is 6.08 Å². The molecular weight excluding hydrogens is 504 g/mol. The Labute approximate surface area is 212 Å². The Morgan fingerprint density at radius 3 is 2.69 bits per heavy atom. The molecule has 1 aromatic heterocycles. The Bertz CT molecular complexity index is 1440. The number of anilines is 1. The van der Waals surface area contributed by atoms with Crippen LogP contribution in [0.2, 0.25) is 0 Å². The zero-order chi connectivity index (χ0) is 25.7. The molecule has 1 aliphatic rings. The van der Waals surface area contributed by atoms with Crippen LogP contribution in [-0.4, -0.2) is 36.2 Å². The third kappa shape index (κ3) is 6.18. The van der Waals surface area contributed by atoms with Crippen molar-refractivity contribution in [3.8, 4) is 23.3 Å². The topological polar surface area (TPSA) is 140 Å². The van der Waals surface area contributed by atoms with Crippen LogP contribution in [0.3, 0.4) is 0 Å². The van der Waals surface area contributed by atoms with Crippen molar-refractivity contribution in [1.82, 2.24) is 9.36 Å². The standard InChI is InChI=1S/C24H22N4O6S2/c1-15(2)13-36(30,31)24-27-23(35-28-24)26-22(29)18(11-25)9-16-3-6-19(7-4-16)32-12-17-5-8-20-21(10-17)34-14-33-20/h3-10,15H,12-14H2,1-2H3,(H,26,27,28,29). The second-order valence-corrected chi connectivity index (χ2v) is 10.9. The fraction of sp³-hybridized carbons (Fsp3) is 0.250. The highest BCUT2D eigenvalue weighted by Gasteiger charge is 2.23. The molecule has 2 aromatic carbocycles. The Morgan fingerprint density at radius 2 is 1.97 bits per heavy atom. The van der Waals surface area contributed by atoms with Gasteiger partial charge in [-0.1, -0.05) is 32.0 Å². The van der Waals surface area contributed by atoms with Gasteiger partial charge in [-0.05, 0) is 47.4 Å². The number of nitriles is 1. The van der Waals surface area contributed by atoms with Crippen LogP contribution in [0.4, 0.5) is 5.13 Å². The lowest BCUT2D eigenvalue weighted by Gasteiger charge is -2.07. The van der Waals surface area contributed by atoms with Gasteiger partial charge in [0.25, 0.3) is 11.1 Å². The van der Waals surface area contributed by atoms with Gasteiger partial charge in [0.05, 0.1) is 5.75 Å². The minimum Gasteiger partial charge on any atom is -0.489 e. The van der Waals surface area contributed by atoms with Crippen molar-refractivity contribution in [2.75, 3.05) is 17.9 Å². The summed E-state index contributed by atoms with van der Waals surface area (Å²) in [6.45, 7) is 4.08. The van der Waals surface area contributed by atoms with Gasteiger partial charge in [0.15, 0.2) is 11.5 Å². The highest BCUT2D eigenvalue weighted by Crippen LogP contribution is 2.32. The summed E-state index contributed by atoms with van der Waals surface area (Å²) in [6.07, 6.45) is 1.41. The van der Waals surface area contributed by atoms with Crippen molar-refractivity contribution < 1.29 is 27.4 Å². The van der Waals surface area contributed by atoms with E-state index < -0.39 is 15.7 Å². The van der Waals surface area contributed by atoms with E-state index >= 15 is 0 Å². The maximum Gasteiger partial charge on any atom is 0.268 e. The molecule has 2 heterocycles. The molecule has 12 heteroatoms. The van der Waals surface area contributed by atoms with Gasteiger partial charge in [-0.25, -0.2) is 8.42 Å². The average Bonchev–Trinajstić information content (AvgIpc) is 3.50. The molecule has 0 fully saturated rings. The molecule has 0 radical (unpaired) electrons. The maximum atomic E-state index is 12.5. The molecule has 10 nitrogen and oxygen atoms in total. The van der Waals surface area contributed by atoms with Gasteiger partial charge in [0.2, 0.25) is 21.8 Å². The van der Waals surface area contributed by atoms with E-state index in [2.05, 4.69) is 14.7 Å². The van der Waals surface area contributed by atoms with Crippen LogP contribution < -0.4 is 19.5 Å². The number of aromatic nitrogens is 2. The summed E-state index contributed by atoms with van der Waals surface area (Å²) in [6, 6.07) is 14.3. The molecule has 4 rings (SSSR count). The van der Waals surface area contributed by atoms with Crippen molar-refractivity contribution in [2.45, 2.75) is 25.6 Å². The second-order valence-electron chi connectivity index (χ2n) is 8.23. The summed E-state index contributed by atoms with van der Waals surface area (Å²) < 4.78 is 44.8. The molecule has 0 atom stereocenters. The van der Waals surface area contributed by atoms with Crippen LogP contribution in [0, 0.1) is 17.2 Å². The van der Waals surface area contributed by atoms with Crippen molar-refractivity contribution in [3.63, 3.8) is 0 Å². The van der Waals surface area contributed by atoms with E-state index in [0.717, 1.165) is 17.1 Å². The molecular formula is C24H22N4O6S2. The predicted octanol–water partition coefficient (Wildman–Crippen LogP) is 3.82. The van der Waals surface area contributed by atoms with Gasteiger partial charge >= 0.3 is 0 Å². The molecule has 3 aromatic rings. The molecule has 1 aliphatic heterocycles. The fourth-order valence-electron chi connectivity index (χ4n) is 3.24. The largest absolute Gasteiger partial charge is 0.489 e. The van der Waals surface area contributed by atoms with Crippen LogP contribution in [0.1, 0.15) is 25.0 Å². The summed E-state index contributed by atoms with van der Waals surface area (Å²) in [5, 5.41) is 11.5. The number of amides is 1. The van der Waals surface area contributed by atoms with Gasteiger partial charge in [-0.3, -0.25) is 10.1 Å². The van der Waals surface area contributed by atoms with E-state index in [1.54, 1.807) is 38.1 Å². The molecule has 186 valence electrons. The minimum absolute atomic E-state index is 0.00394. The number of rotatable bonds is 9. The number of benzene rings is 2. The molecule has 0 bridgehead atoms. The van der Waals surface area contributed by atoms with Gasteiger partial charge in [-0.15, -0.1) is 0 Å². The van der Waals surface area contributed by atoms with Crippen LogP contribution in [0.25, 0.3) is 6.08 Å². The zero-order valence-corrected chi connectivity index (χ0v) is 21.1. The number of nitrogens with zero attached hydrogens (tertiary/aromatic N) is 3. The summed E-state index contributed by atoms with van der Waals surface area (Å²) in [7, 11) is -3.64. The summed E-state index contributed by atoms with van der Waals surface area (Å²) in [5.74, 6) is 1.08. The van der Waals surface area contributed by atoms with E-state index in [-0.39, 0.29) is 34.3 Å². The van der Waals surface area contributed by atoms with E-state index in [0.29, 0.717) is 29.4 Å². The number of nitrogens with one attached hydrogen (secondary N) is 1. The average molecular weight is 527 g/mol. The Balaban J connectivity index is 1.37. The van der Waals surface area contributed by atoms with Crippen LogP contribution >= 0.6 is 11.5 Å². The fourth-order valence-corrected chi connectivity index (χ4v) is 5.59. The number of carbonyl (C=O) groups excluding carboxylic acids is 1. The lowest BCUT2D eigenvalue weighted by Crippen LogP contribution is -2.15.